The lowest BCUT2D eigenvalue weighted by Gasteiger charge is -2.21. The number of carbonyl (C=O) groups is 1. The Balaban J connectivity index is 1.77. The van der Waals surface area contributed by atoms with E-state index in [-0.39, 0.29) is 17.8 Å². The minimum absolute atomic E-state index is 0.0715. The number of hydrogen-bond acceptors (Lipinski definition) is 4. The number of halogens is 1. The van der Waals surface area contributed by atoms with E-state index in [1.807, 2.05) is 4.90 Å². The van der Waals surface area contributed by atoms with E-state index in [9.17, 15) is 9.18 Å². The number of thiazole rings is 1. The Morgan fingerprint density at radius 3 is 2.67 bits per heavy atom. The molecule has 1 aromatic carbocycles. The highest BCUT2D eigenvalue weighted by Crippen LogP contribution is 2.30. The van der Waals surface area contributed by atoms with Gasteiger partial charge in [0, 0.05) is 24.5 Å². The van der Waals surface area contributed by atoms with Crippen molar-refractivity contribution in [2.45, 2.75) is 32.0 Å². The molecular weight excluding hydrogens is 289 g/mol. The SMILES string of the molecule is NCc1nc(C(=O)N(Cc2ccc(F)cc2)C2CC2)cs1. The second-order valence-corrected chi connectivity index (χ2v) is 6.06. The van der Waals surface area contributed by atoms with Crippen molar-refractivity contribution in [3.63, 3.8) is 0 Å². The van der Waals surface area contributed by atoms with Gasteiger partial charge < -0.3 is 10.6 Å². The maximum absolute atomic E-state index is 13.0. The molecule has 1 aliphatic carbocycles. The number of aromatic nitrogens is 1. The van der Waals surface area contributed by atoms with Gasteiger partial charge in [-0.25, -0.2) is 9.37 Å². The van der Waals surface area contributed by atoms with Crippen LogP contribution in [0.3, 0.4) is 0 Å². The molecule has 1 amide bonds. The minimum Gasteiger partial charge on any atom is -0.330 e. The van der Waals surface area contributed by atoms with E-state index in [0.717, 1.165) is 23.4 Å². The first-order valence-corrected chi connectivity index (χ1v) is 7.75. The highest BCUT2D eigenvalue weighted by molar-refractivity contribution is 7.09. The number of nitrogens with zero attached hydrogens (tertiary/aromatic N) is 2. The smallest absolute Gasteiger partial charge is 0.273 e. The second kappa shape index (κ2) is 5.91. The maximum Gasteiger partial charge on any atom is 0.273 e. The van der Waals surface area contributed by atoms with Gasteiger partial charge in [0.15, 0.2) is 0 Å². The molecule has 0 bridgehead atoms. The van der Waals surface area contributed by atoms with E-state index in [1.54, 1.807) is 17.5 Å². The first-order valence-electron chi connectivity index (χ1n) is 6.87. The Bertz CT molecular complexity index is 637. The fourth-order valence-electron chi connectivity index (χ4n) is 2.19. The molecule has 3 rings (SSSR count). The molecule has 110 valence electrons. The lowest BCUT2D eigenvalue weighted by molar-refractivity contribution is 0.0724. The summed E-state index contributed by atoms with van der Waals surface area (Å²) in [6.45, 7) is 0.832. The zero-order valence-corrected chi connectivity index (χ0v) is 12.3. The molecule has 1 aliphatic rings. The molecule has 4 nitrogen and oxygen atoms in total. The summed E-state index contributed by atoms with van der Waals surface area (Å²) >= 11 is 1.40. The summed E-state index contributed by atoms with van der Waals surface area (Å²) in [7, 11) is 0. The number of nitrogens with two attached hydrogens (primary N) is 1. The van der Waals surface area contributed by atoms with Crippen LogP contribution in [0.1, 0.15) is 33.9 Å². The summed E-state index contributed by atoms with van der Waals surface area (Å²) in [5, 5.41) is 2.51. The Morgan fingerprint density at radius 2 is 2.10 bits per heavy atom. The van der Waals surface area contributed by atoms with Gasteiger partial charge in [-0.3, -0.25) is 4.79 Å². The average Bonchev–Trinajstić information content (AvgIpc) is 3.22. The van der Waals surface area contributed by atoms with Gasteiger partial charge in [-0.1, -0.05) is 12.1 Å². The third kappa shape index (κ3) is 3.28. The lowest BCUT2D eigenvalue weighted by Crippen LogP contribution is -2.32. The van der Waals surface area contributed by atoms with Crippen molar-refractivity contribution in [3.8, 4) is 0 Å². The van der Waals surface area contributed by atoms with Crippen molar-refractivity contribution < 1.29 is 9.18 Å². The van der Waals surface area contributed by atoms with Crippen molar-refractivity contribution in [3.05, 3.63) is 51.7 Å². The Kier molecular flexibility index (Phi) is 3.98. The number of benzene rings is 1. The first kappa shape index (κ1) is 14.2. The van der Waals surface area contributed by atoms with Gasteiger partial charge in [0.05, 0.1) is 0 Å². The highest BCUT2D eigenvalue weighted by Gasteiger charge is 2.33. The second-order valence-electron chi connectivity index (χ2n) is 5.12. The van der Waals surface area contributed by atoms with E-state index in [4.69, 9.17) is 5.73 Å². The van der Waals surface area contributed by atoms with Crippen molar-refractivity contribution >= 4 is 17.2 Å². The molecule has 0 spiro atoms. The molecule has 0 atom stereocenters. The van der Waals surface area contributed by atoms with Crippen molar-refractivity contribution in [2.24, 2.45) is 5.73 Å². The van der Waals surface area contributed by atoms with Gasteiger partial charge in [-0.05, 0) is 30.5 Å². The van der Waals surface area contributed by atoms with Gasteiger partial charge in [-0.2, -0.15) is 0 Å². The van der Waals surface area contributed by atoms with Crippen molar-refractivity contribution in [2.75, 3.05) is 0 Å². The Hall–Kier alpha value is -1.79. The Morgan fingerprint density at radius 1 is 1.38 bits per heavy atom. The van der Waals surface area contributed by atoms with Crippen LogP contribution < -0.4 is 5.73 Å². The van der Waals surface area contributed by atoms with E-state index in [1.165, 1.54) is 23.5 Å². The predicted molar refractivity (Wildman–Crippen MR) is 79.3 cm³/mol. The average molecular weight is 305 g/mol. The molecule has 1 saturated carbocycles. The van der Waals surface area contributed by atoms with E-state index in [0.29, 0.717) is 18.8 Å². The quantitative estimate of drug-likeness (QED) is 0.923. The third-order valence-corrected chi connectivity index (χ3v) is 4.33. The van der Waals surface area contributed by atoms with Crippen molar-refractivity contribution in [1.29, 1.82) is 0 Å². The van der Waals surface area contributed by atoms with Gasteiger partial charge in [0.2, 0.25) is 0 Å². The van der Waals surface area contributed by atoms with Crippen LogP contribution in [0.2, 0.25) is 0 Å². The summed E-state index contributed by atoms with van der Waals surface area (Å²) < 4.78 is 13.0. The third-order valence-electron chi connectivity index (χ3n) is 3.46. The van der Waals surface area contributed by atoms with Crippen LogP contribution in [0.5, 0.6) is 0 Å². The van der Waals surface area contributed by atoms with Crippen molar-refractivity contribution in [1.82, 2.24) is 9.88 Å². The minimum atomic E-state index is -0.268. The molecule has 6 heteroatoms. The van der Waals surface area contributed by atoms with Crippen LogP contribution >= 0.6 is 11.3 Å². The lowest BCUT2D eigenvalue weighted by atomic mass is 10.2. The van der Waals surface area contributed by atoms with E-state index < -0.39 is 0 Å². The zero-order chi connectivity index (χ0) is 14.8. The van der Waals surface area contributed by atoms with Gasteiger partial charge in [0.25, 0.3) is 5.91 Å². The normalized spacial score (nSPS) is 14.2. The molecular formula is C15H16FN3OS. The monoisotopic (exact) mass is 305 g/mol. The summed E-state index contributed by atoms with van der Waals surface area (Å²) in [6, 6.07) is 6.53. The van der Waals surface area contributed by atoms with Crippen LogP contribution in [0.25, 0.3) is 0 Å². The standard InChI is InChI=1S/C15H16FN3OS/c16-11-3-1-10(2-4-11)8-19(12-5-6-12)15(20)13-9-21-14(7-17)18-13/h1-4,9,12H,5-8,17H2. The largest absolute Gasteiger partial charge is 0.330 e. The summed E-state index contributed by atoms with van der Waals surface area (Å²) in [5.74, 6) is -0.340. The molecule has 2 aromatic rings. The fraction of sp³-hybridized carbons (Fsp3) is 0.333. The molecule has 0 saturated heterocycles. The van der Waals surface area contributed by atoms with Gasteiger partial charge in [0.1, 0.15) is 16.5 Å². The molecule has 1 heterocycles. The molecule has 0 aliphatic heterocycles. The van der Waals surface area contributed by atoms with Crippen LogP contribution in [0.4, 0.5) is 4.39 Å². The van der Waals surface area contributed by atoms with Crippen LogP contribution in [0, 0.1) is 5.82 Å². The molecule has 1 aromatic heterocycles. The highest BCUT2D eigenvalue weighted by atomic mass is 32.1. The summed E-state index contributed by atoms with van der Waals surface area (Å²) in [6.07, 6.45) is 2.03. The molecule has 2 N–H and O–H groups in total. The summed E-state index contributed by atoms with van der Waals surface area (Å²) in [4.78, 5) is 18.7. The van der Waals surface area contributed by atoms with Crippen LogP contribution in [-0.2, 0) is 13.1 Å². The molecule has 0 unspecified atom stereocenters. The number of rotatable bonds is 5. The zero-order valence-electron chi connectivity index (χ0n) is 11.5. The van der Waals surface area contributed by atoms with Gasteiger partial charge >= 0.3 is 0 Å². The Labute approximate surface area is 126 Å². The maximum atomic E-state index is 13.0. The molecule has 21 heavy (non-hydrogen) atoms. The van der Waals surface area contributed by atoms with Crippen LogP contribution in [-0.4, -0.2) is 21.8 Å². The number of carbonyl (C=O) groups excluding carboxylic acids is 1. The molecule has 0 radical (unpaired) electrons. The topological polar surface area (TPSA) is 59.2 Å². The van der Waals surface area contributed by atoms with E-state index >= 15 is 0 Å². The molecule has 1 fully saturated rings. The fourth-order valence-corrected chi connectivity index (χ4v) is 2.84. The number of amides is 1. The van der Waals surface area contributed by atoms with E-state index in [2.05, 4.69) is 4.98 Å². The predicted octanol–water partition coefficient (Wildman–Crippen LogP) is 2.55. The van der Waals surface area contributed by atoms with Crippen LogP contribution in [0.15, 0.2) is 29.6 Å². The van der Waals surface area contributed by atoms with Gasteiger partial charge in [-0.15, -0.1) is 11.3 Å². The summed E-state index contributed by atoms with van der Waals surface area (Å²) in [5.41, 5.74) is 6.91. The first-order chi connectivity index (χ1) is 10.2. The number of hydrogen-bond donors (Lipinski definition) is 1.